The van der Waals surface area contributed by atoms with E-state index in [0.29, 0.717) is 23.1 Å². The summed E-state index contributed by atoms with van der Waals surface area (Å²) in [6, 6.07) is 15.9. The number of ether oxygens (including phenoxy) is 6. The number of fused-ring (bicyclic) bond motifs is 2. The average molecular weight is 1140 g/mol. The Morgan fingerprint density at radius 1 is 0.829 bits per heavy atom. The maximum atomic E-state index is 15.8. The van der Waals surface area contributed by atoms with Gasteiger partial charge >= 0.3 is 17.9 Å². The molecule has 2 N–H and O–H groups in total. The van der Waals surface area contributed by atoms with Gasteiger partial charge in [0.1, 0.15) is 24.2 Å². The molecular weight excluding hydrogens is 1040 g/mol. The Balaban J connectivity index is 0.000000296. The number of benzene rings is 3. The predicted molar refractivity (Wildman–Crippen MR) is 323 cm³/mol. The molecule has 0 aromatic heterocycles. The molecule has 12 nitrogen and oxygen atoms in total. The van der Waals surface area contributed by atoms with Crippen LogP contribution in [0.25, 0.3) is 12.2 Å². The molecule has 2 fully saturated rings. The summed E-state index contributed by atoms with van der Waals surface area (Å²) >= 11 is 0. The molecule has 3 unspecified atom stereocenters. The number of carbonyl (C=O) groups excluding carboxylic acids is 2. The van der Waals surface area contributed by atoms with Crippen molar-refractivity contribution in [2.75, 3.05) is 19.6 Å². The van der Waals surface area contributed by atoms with Crippen molar-refractivity contribution in [3.05, 3.63) is 129 Å². The van der Waals surface area contributed by atoms with E-state index in [2.05, 4.69) is 25.7 Å². The second-order valence-electron chi connectivity index (χ2n) is 23.9. The van der Waals surface area contributed by atoms with E-state index in [0.717, 1.165) is 22.3 Å². The van der Waals surface area contributed by atoms with E-state index in [4.69, 9.17) is 28.4 Å². The summed E-state index contributed by atoms with van der Waals surface area (Å²) in [4.78, 5) is 40.4. The zero-order chi connectivity index (χ0) is 61.1. The van der Waals surface area contributed by atoms with Gasteiger partial charge in [0.2, 0.25) is 0 Å². The second-order valence-corrected chi connectivity index (χ2v) is 23.9. The Bertz CT molecular complexity index is 2570. The molecule has 14 heteroatoms. The van der Waals surface area contributed by atoms with Gasteiger partial charge in [-0.05, 0) is 174 Å². The number of unbranched alkanes of at least 4 members (excludes halogenated alkanes) is 3. The number of carboxylic acids is 1. The molecule has 0 aliphatic carbocycles. The standard InChI is InChI=1S/C31H39FO7.C25H33FO4.C12H27N/c1-18-15-20(3)26(29(34)35)23(16-18)13-10-14-25-28(39-31(5,6)38-25)27(24(32)17-19(2)21(4)33)37-30(36)22-11-8-7-9-12-22;1-14-11-16(3)22-19(12-14)9-8-10-21-23(30-25(6,7)29-21)17(4)20(26)13-15(2)18(5)28-24(22)27;1-4-7-10-13(11-8-5-2)12-9-6-3/h7-13,15-16,19,21,24-25,27-28,33H,14,17H2,1-6H3,(H,34,35);8-9,11-13,15,17-18,21,23H,10H2,1-7H3;4-12H2,1-3H3/b13-10+;9-8+,20-13+;/t19-,21-,24?,25-,27?,28-;15-,17?,18+,21+,23-;/m01./s1. The Hall–Kier alpha value is -5.09. The number of carboxylic acid groups (broad SMARTS) is 1. The van der Waals surface area contributed by atoms with Crippen molar-refractivity contribution in [2.45, 2.75) is 229 Å². The molecule has 3 aliphatic heterocycles. The minimum atomic E-state index is -1.63. The van der Waals surface area contributed by atoms with Crippen LogP contribution in [0.5, 0.6) is 0 Å². The van der Waals surface area contributed by atoms with Crippen molar-refractivity contribution in [3.8, 4) is 0 Å². The number of esters is 2. The number of cyclic esters (lactones) is 1. The fourth-order valence-corrected chi connectivity index (χ4v) is 10.6. The fraction of sp³-hybridized carbons (Fsp3) is 0.603. The van der Waals surface area contributed by atoms with Gasteiger partial charge in [-0.1, -0.05) is 139 Å². The van der Waals surface area contributed by atoms with Crippen LogP contribution >= 0.6 is 0 Å². The Morgan fingerprint density at radius 3 is 2.00 bits per heavy atom. The zero-order valence-electron chi connectivity index (χ0n) is 52.2. The quantitative estimate of drug-likeness (QED) is 0.104. The molecule has 2 saturated heterocycles. The van der Waals surface area contributed by atoms with Crippen molar-refractivity contribution in [3.63, 3.8) is 0 Å². The molecule has 0 amide bonds. The number of hydrogen-bond donors (Lipinski definition) is 2. The number of aliphatic hydroxyl groups is 1. The van der Waals surface area contributed by atoms with Gasteiger partial charge in [-0.15, -0.1) is 0 Å². The highest BCUT2D eigenvalue weighted by Crippen LogP contribution is 2.39. The molecule has 0 spiro atoms. The monoisotopic (exact) mass is 1140 g/mol. The third-order valence-electron chi connectivity index (χ3n) is 15.4. The van der Waals surface area contributed by atoms with Crippen LogP contribution in [0.4, 0.5) is 8.78 Å². The summed E-state index contributed by atoms with van der Waals surface area (Å²) in [7, 11) is 0. The van der Waals surface area contributed by atoms with Gasteiger partial charge in [0.05, 0.1) is 41.1 Å². The molecule has 456 valence electrons. The Kier molecular flexibility index (Phi) is 27.8. The third kappa shape index (κ3) is 21.2. The lowest BCUT2D eigenvalue weighted by molar-refractivity contribution is -0.160. The molecule has 11 atom stereocenters. The fourth-order valence-electron chi connectivity index (χ4n) is 10.6. The van der Waals surface area contributed by atoms with Gasteiger partial charge in [0, 0.05) is 11.8 Å². The van der Waals surface area contributed by atoms with Crippen LogP contribution in [0.2, 0.25) is 0 Å². The van der Waals surface area contributed by atoms with Crippen LogP contribution in [-0.2, 0) is 28.4 Å². The highest BCUT2D eigenvalue weighted by Gasteiger charge is 2.49. The van der Waals surface area contributed by atoms with Crippen molar-refractivity contribution in [1.29, 1.82) is 0 Å². The Morgan fingerprint density at radius 2 is 1.41 bits per heavy atom. The van der Waals surface area contributed by atoms with Crippen molar-refractivity contribution >= 4 is 30.1 Å². The average Bonchev–Trinajstić information content (AvgIpc) is 4.08. The van der Waals surface area contributed by atoms with Gasteiger partial charge in [-0.3, -0.25) is 0 Å². The normalized spacial score (nSPS) is 24.9. The molecule has 3 aromatic rings. The maximum Gasteiger partial charge on any atom is 0.339 e. The minimum absolute atomic E-state index is 0.0439. The lowest BCUT2D eigenvalue weighted by Gasteiger charge is -2.30. The largest absolute Gasteiger partial charge is 0.478 e. The SMILES string of the molecule is CCCCN(CCCC)CCCC.Cc1cc(C)c(C(=O)O)c(/C=C/C[C@@H]2OC(C)(C)O[C@@H]2C(OC(=O)c2ccccc2)C(F)C[C@H](C)[C@H](C)O)c1.Cc1cc(C)c2c(c1)/C=C/C[C@@H]1OC(C)(C)O[C@@H]1C(C)/C(F)=C\[C@@H](C)[C@H](C)OC2=O. The van der Waals surface area contributed by atoms with Gasteiger partial charge in [0.25, 0.3) is 0 Å². The van der Waals surface area contributed by atoms with Gasteiger partial charge < -0.3 is 43.5 Å². The number of alkyl halides is 1. The number of carbonyl (C=O) groups is 3. The van der Waals surface area contributed by atoms with Crippen LogP contribution in [0.1, 0.15) is 205 Å². The molecule has 6 rings (SSSR count). The molecule has 3 heterocycles. The summed E-state index contributed by atoms with van der Waals surface area (Å²) < 4.78 is 66.7. The number of hydrogen-bond acceptors (Lipinski definition) is 11. The van der Waals surface area contributed by atoms with Gasteiger partial charge in [0.15, 0.2) is 17.7 Å². The number of aromatic carboxylic acids is 1. The van der Waals surface area contributed by atoms with E-state index in [1.54, 1.807) is 96.2 Å². The molecular formula is C68H99F2NO11. The summed E-state index contributed by atoms with van der Waals surface area (Å²) in [5.74, 6) is -5.32. The third-order valence-corrected chi connectivity index (χ3v) is 15.4. The van der Waals surface area contributed by atoms with E-state index in [1.807, 2.05) is 78.8 Å². The van der Waals surface area contributed by atoms with Crippen LogP contribution in [-0.4, -0.2) is 113 Å². The summed E-state index contributed by atoms with van der Waals surface area (Å²) in [5.41, 5.74) is 5.93. The first-order valence-corrected chi connectivity index (χ1v) is 30.0. The first kappa shape index (κ1) is 69.4. The highest BCUT2D eigenvalue weighted by molar-refractivity contribution is 5.96. The van der Waals surface area contributed by atoms with E-state index in [1.165, 1.54) is 58.2 Å². The number of aliphatic hydroxyl groups excluding tert-OH is 1. The van der Waals surface area contributed by atoms with Crippen LogP contribution in [0.15, 0.2) is 78.7 Å². The van der Waals surface area contributed by atoms with E-state index in [-0.39, 0.29) is 53.7 Å². The van der Waals surface area contributed by atoms with Crippen molar-refractivity contribution in [2.24, 2.45) is 17.8 Å². The molecule has 0 radical (unpaired) electrons. The minimum Gasteiger partial charge on any atom is -0.478 e. The molecule has 82 heavy (non-hydrogen) atoms. The summed E-state index contributed by atoms with van der Waals surface area (Å²) in [6.45, 7) is 34.2. The van der Waals surface area contributed by atoms with E-state index >= 15 is 8.78 Å². The zero-order valence-corrected chi connectivity index (χ0v) is 52.2. The van der Waals surface area contributed by atoms with Crippen LogP contribution < -0.4 is 0 Å². The van der Waals surface area contributed by atoms with Gasteiger partial charge in [-0.25, -0.2) is 23.2 Å². The van der Waals surface area contributed by atoms with E-state index < -0.39 is 72.2 Å². The first-order valence-electron chi connectivity index (χ1n) is 30.0. The lowest BCUT2D eigenvalue weighted by Crippen LogP contribution is -2.45. The number of aryl methyl sites for hydroxylation is 4. The molecule has 0 saturated carbocycles. The maximum absolute atomic E-state index is 15.8. The van der Waals surface area contributed by atoms with Crippen molar-refractivity contribution in [1.82, 2.24) is 4.90 Å². The summed E-state index contributed by atoms with van der Waals surface area (Å²) in [6.07, 6.45) is 11.4. The molecule has 3 aliphatic rings. The molecule has 0 bridgehead atoms. The van der Waals surface area contributed by atoms with E-state index in [9.17, 15) is 24.6 Å². The topological polar surface area (TPSA) is 150 Å². The first-order chi connectivity index (χ1) is 38.6. The predicted octanol–water partition coefficient (Wildman–Crippen LogP) is 15.5. The highest BCUT2D eigenvalue weighted by atomic mass is 19.1. The van der Waals surface area contributed by atoms with Crippen molar-refractivity contribution < 1.29 is 61.8 Å². The number of nitrogens with zero attached hydrogens (tertiary/aromatic N) is 1. The lowest BCUT2D eigenvalue weighted by atomic mass is 9.92. The Labute approximate surface area is 490 Å². The number of halogens is 2. The second kappa shape index (κ2) is 32.8. The smallest absolute Gasteiger partial charge is 0.339 e. The van der Waals surface area contributed by atoms with Gasteiger partial charge in [-0.2, -0.15) is 0 Å². The number of rotatable bonds is 20. The van der Waals surface area contributed by atoms with Crippen LogP contribution in [0.3, 0.4) is 0 Å². The summed E-state index contributed by atoms with van der Waals surface area (Å²) in [5, 5.41) is 19.7. The molecule has 3 aromatic carbocycles. The van der Waals surface area contributed by atoms with Crippen LogP contribution in [0, 0.1) is 45.4 Å².